The van der Waals surface area contributed by atoms with Gasteiger partial charge in [-0.15, -0.1) is 0 Å². The number of hydrogen-bond donors (Lipinski definition) is 1. The molecule has 5 nitrogen and oxygen atoms in total. The second kappa shape index (κ2) is 4.11. The van der Waals surface area contributed by atoms with Crippen molar-refractivity contribution in [2.24, 2.45) is 5.73 Å². The summed E-state index contributed by atoms with van der Waals surface area (Å²) in [5.74, 6) is 0.0118. The van der Waals surface area contributed by atoms with Gasteiger partial charge in [0.1, 0.15) is 6.10 Å². The fraction of sp³-hybridized carbons (Fsp3) is 0.750. The monoisotopic (exact) mass is 186 g/mol. The van der Waals surface area contributed by atoms with Crippen molar-refractivity contribution in [1.29, 1.82) is 0 Å². The van der Waals surface area contributed by atoms with Gasteiger partial charge in [-0.2, -0.15) is 0 Å². The molecule has 74 valence electrons. The fourth-order valence-corrected chi connectivity index (χ4v) is 1.48. The van der Waals surface area contributed by atoms with Gasteiger partial charge in [0.05, 0.1) is 6.54 Å². The predicted molar refractivity (Wildman–Crippen MR) is 45.9 cm³/mol. The maximum absolute atomic E-state index is 11.0. The van der Waals surface area contributed by atoms with Crippen LogP contribution in [-0.2, 0) is 9.53 Å². The topological polar surface area (TPSA) is 72.6 Å². The van der Waals surface area contributed by atoms with Crippen molar-refractivity contribution in [3.05, 3.63) is 0 Å². The van der Waals surface area contributed by atoms with Crippen LogP contribution < -0.4 is 5.73 Å². The summed E-state index contributed by atoms with van der Waals surface area (Å²) in [4.78, 5) is 23.1. The minimum Gasteiger partial charge on any atom is -0.445 e. The number of piperidine rings is 1. The van der Waals surface area contributed by atoms with Crippen LogP contribution in [0.1, 0.15) is 19.8 Å². The zero-order chi connectivity index (χ0) is 9.84. The van der Waals surface area contributed by atoms with Crippen molar-refractivity contribution in [1.82, 2.24) is 4.90 Å². The van der Waals surface area contributed by atoms with Crippen molar-refractivity contribution in [2.75, 3.05) is 13.1 Å². The Morgan fingerprint density at radius 2 is 2.23 bits per heavy atom. The Labute approximate surface area is 76.8 Å². The summed E-state index contributed by atoms with van der Waals surface area (Å²) in [6.45, 7) is 2.72. The first-order chi connectivity index (χ1) is 6.09. The Morgan fingerprint density at radius 3 is 2.77 bits per heavy atom. The first-order valence-corrected chi connectivity index (χ1v) is 4.31. The third-order valence-corrected chi connectivity index (χ3v) is 2.11. The molecule has 1 fully saturated rings. The van der Waals surface area contributed by atoms with Gasteiger partial charge in [-0.25, -0.2) is 4.79 Å². The number of nitrogens with two attached hydrogens (primary N) is 1. The number of likely N-dealkylation sites (tertiary alicyclic amines) is 1. The molecule has 1 aliphatic rings. The molecule has 1 aliphatic heterocycles. The minimum absolute atomic E-state index is 0.0118. The Bertz CT molecular complexity index is 217. The summed E-state index contributed by atoms with van der Waals surface area (Å²) in [7, 11) is 0. The summed E-state index contributed by atoms with van der Waals surface area (Å²) < 4.78 is 4.82. The van der Waals surface area contributed by atoms with Gasteiger partial charge in [-0.3, -0.25) is 4.79 Å². The number of rotatable bonds is 1. The highest BCUT2D eigenvalue weighted by Gasteiger charge is 2.23. The summed E-state index contributed by atoms with van der Waals surface area (Å²) in [5.41, 5.74) is 4.88. The number of nitrogens with zero attached hydrogens (tertiary/aromatic N) is 1. The molecule has 1 unspecified atom stereocenters. The molecule has 0 aromatic carbocycles. The van der Waals surface area contributed by atoms with E-state index in [2.05, 4.69) is 0 Å². The highest BCUT2D eigenvalue weighted by atomic mass is 16.6. The first kappa shape index (κ1) is 9.83. The van der Waals surface area contributed by atoms with Crippen molar-refractivity contribution in [3.8, 4) is 0 Å². The molecule has 1 atom stereocenters. The third-order valence-electron chi connectivity index (χ3n) is 2.11. The Morgan fingerprint density at radius 1 is 1.54 bits per heavy atom. The van der Waals surface area contributed by atoms with E-state index >= 15 is 0 Å². The van der Waals surface area contributed by atoms with Crippen LogP contribution in [0.3, 0.4) is 0 Å². The molecule has 1 saturated heterocycles. The minimum atomic E-state index is -0.768. The summed E-state index contributed by atoms with van der Waals surface area (Å²) in [6, 6.07) is 0. The molecule has 13 heavy (non-hydrogen) atoms. The molecule has 1 rings (SSSR count). The fourth-order valence-electron chi connectivity index (χ4n) is 1.48. The Kier molecular flexibility index (Phi) is 3.11. The molecule has 0 saturated carbocycles. The van der Waals surface area contributed by atoms with Gasteiger partial charge in [0, 0.05) is 13.5 Å². The molecule has 0 bridgehead atoms. The number of ether oxygens (including phenoxy) is 1. The summed E-state index contributed by atoms with van der Waals surface area (Å²) in [5, 5.41) is 0. The van der Waals surface area contributed by atoms with Crippen molar-refractivity contribution < 1.29 is 14.3 Å². The summed E-state index contributed by atoms with van der Waals surface area (Å²) in [6.07, 6.45) is 0.648. The summed E-state index contributed by atoms with van der Waals surface area (Å²) >= 11 is 0. The van der Waals surface area contributed by atoms with Gasteiger partial charge in [0.25, 0.3) is 0 Å². The molecular formula is C8H14N2O3. The van der Waals surface area contributed by atoms with E-state index in [1.54, 1.807) is 4.90 Å². The largest absolute Gasteiger partial charge is 0.445 e. The lowest BCUT2D eigenvalue weighted by molar-refractivity contribution is -0.131. The smallest absolute Gasteiger partial charge is 0.404 e. The number of amides is 2. The van der Waals surface area contributed by atoms with Crippen LogP contribution >= 0.6 is 0 Å². The van der Waals surface area contributed by atoms with E-state index in [1.165, 1.54) is 6.92 Å². The lowest BCUT2D eigenvalue weighted by Crippen LogP contribution is -2.43. The second-order valence-electron chi connectivity index (χ2n) is 3.17. The lowest BCUT2D eigenvalue weighted by atomic mass is 10.1. The van der Waals surface area contributed by atoms with Gasteiger partial charge in [0.2, 0.25) is 5.91 Å². The normalized spacial score (nSPS) is 22.5. The lowest BCUT2D eigenvalue weighted by Gasteiger charge is -2.31. The maximum atomic E-state index is 11.0. The predicted octanol–water partition coefficient (Wildman–Crippen LogP) is 0.0926. The van der Waals surface area contributed by atoms with E-state index in [4.69, 9.17) is 10.5 Å². The molecule has 0 aromatic rings. The van der Waals surface area contributed by atoms with Gasteiger partial charge >= 0.3 is 6.09 Å². The SMILES string of the molecule is CC(=O)N1CCCC(OC(N)=O)C1. The van der Waals surface area contributed by atoms with E-state index in [9.17, 15) is 9.59 Å². The molecule has 0 aliphatic carbocycles. The van der Waals surface area contributed by atoms with Gasteiger partial charge in [-0.1, -0.05) is 0 Å². The zero-order valence-corrected chi connectivity index (χ0v) is 7.66. The number of carbonyl (C=O) groups is 2. The molecular weight excluding hydrogens is 172 g/mol. The van der Waals surface area contributed by atoms with E-state index in [1.807, 2.05) is 0 Å². The zero-order valence-electron chi connectivity index (χ0n) is 7.66. The van der Waals surface area contributed by atoms with E-state index in [0.717, 1.165) is 19.4 Å². The average molecular weight is 186 g/mol. The van der Waals surface area contributed by atoms with E-state index in [0.29, 0.717) is 6.54 Å². The highest BCUT2D eigenvalue weighted by Crippen LogP contribution is 2.12. The van der Waals surface area contributed by atoms with Crippen molar-refractivity contribution in [2.45, 2.75) is 25.9 Å². The molecule has 2 N–H and O–H groups in total. The van der Waals surface area contributed by atoms with Crippen LogP contribution in [0.5, 0.6) is 0 Å². The maximum Gasteiger partial charge on any atom is 0.404 e. The number of hydrogen-bond acceptors (Lipinski definition) is 3. The van der Waals surface area contributed by atoms with Crippen molar-refractivity contribution >= 4 is 12.0 Å². The third kappa shape index (κ3) is 2.93. The van der Waals surface area contributed by atoms with E-state index < -0.39 is 6.09 Å². The van der Waals surface area contributed by atoms with Crippen LogP contribution in [0.4, 0.5) is 4.79 Å². The van der Waals surface area contributed by atoms with Crippen LogP contribution in [-0.4, -0.2) is 36.1 Å². The molecule has 1 heterocycles. The van der Waals surface area contributed by atoms with Gasteiger partial charge < -0.3 is 15.4 Å². The number of primary amides is 1. The highest BCUT2D eigenvalue weighted by molar-refractivity contribution is 5.73. The van der Waals surface area contributed by atoms with Gasteiger partial charge in [-0.05, 0) is 12.8 Å². The van der Waals surface area contributed by atoms with Crippen LogP contribution in [0.2, 0.25) is 0 Å². The average Bonchev–Trinajstić information content (AvgIpc) is 2.03. The molecule has 0 spiro atoms. The van der Waals surface area contributed by atoms with Gasteiger partial charge in [0.15, 0.2) is 0 Å². The van der Waals surface area contributed by atoms with Crippen molar-refractivity contribution in [3.63, 3.8) is 0 Å². The first-order valence-electron chi connectivity index (χ1n) is 4.31. The van der Waals surface area contributed by atoms with Crippen LogP contribution in [0.15, 0.2) is 0 Å². The molecule has 5 heteroatoms. The standard InChI is InChI=1S/C8H14N2O3/c1-6(11)10-4-2-3-7(5-10)13-8(9)12/h7H,2-5H2,1H3,(H2,9,12). The molecule has 0 aromatic heterocycles. The second-order valence-corrected chi connectivity index (χ2v) is 3.17. The Hall–Kier alpha value is -1.26. The van der Waals surface area contributed by atoms with Crippen LogP contribution in [0, 0.1) is 0 Å². The molecule has 2 amide bonds. The number of carbonyl (C=O) groups excluding carboxylic acids is 2. The molecule has 0 radical (unpaired) electrons. The van der Waals surface area contributed by atoms with Crippen LogP contribution in [0.25, 0.3) is 0 Å². The van der Waals surface area contributed by atoms with E-state index in [-0.39, 0.29) is 12.0 Å². The Balaban J connectivity index is 2.41. The quantitative estimate of drug-likeness (QED) is 0.630.